The van der Waals surface area contributed by atoms with Crippen LogP contribution in [0.3, 0.4) is 0 Å². The van der Waals surface area contributed by atoms with Gasteiger partial charge in [0.1, 0.15) is 18.5 Å². The highest BCUT2D eigenvalue weighted by atomic mass is 19.4. The number of ether oxygens (including phenoxy) is 1. The predicted octanol–water partition coefficient (Wildman–Crippen LogP) is 3.04. The van der Waals surface area contributed by atoms with Crippen molar-refractivity contribution >= 4 is 11.8 Å². The molecule has 0 radical (unpaired) electrons. The number of carbonyl (C=O) groups is 2. The lowest BCUT2D eigenvalue weighted by molar-refractivity contribution is -0.138. The van der Waals surface area contributed by atoms with Crippen LogP contribution in [0.2, 0.25) is 0 Å². The van der Waals surface area contributed by atoms with E-state index < -0.39 is 17.8 Å². The molecule has 1 fully saturated rings. The van der Waals surface area contributed by atoms with E-state index in [2.05, 4.69) is 5.32 Å². The Morgan fingerprint density at radius 3 is 2.64 bits per heavy atom. The summed E-state index contributed by atoms with van der Waals surface area (Å²) >= 11 is 0. The number of hydrogen-bond donors (Lipinski definition) is 2. The van der Waals surface area contributed by atoms with Gasteiger partial charge in [0.25, 0.3) is 0 Å². The second-order valence-electron chi connectivity index (χ2n) is 8.08. The van der Waals surface area contributed by atoms with Gasteiger partial charge in [-0.25, -0.2) is 0 Å². The second-order valence-corrected chi connectivity index (χ2v) is 8.08. The average Bonchev–Trinajstić information content (AvgIpc) is 2.81. The average molecular weight is 464 g/mol. The number of piperidine rings is 1. The topological polar surface area (TPSA) is 78.9 Å². The number of likely N-dealkylation sites (tertiary alicyclic amines) is 1. The first kappa shape index (κ1) is 24.6. The first-order valence-corrected chi connectivity index (χ1v) is 10.8. The minimum absolute atomic E-state index is 0.0185. The van der Waals surface area contributed by atoms with Crippen molar-refractivity contribution in [1.29, 1.82) is 0 Å². The molecule has 1 heterocycles. The Kier molecular flexibility index (Phi) is 8.32. The summed E-state index contributed by atoms with van der Waals surface area (Å²) in [6.07, 6.45) is -3.95. The van der Waals surface area contributed by atoms with E-state index in [0.717, 1.165) is 17.7 Å². The lowest BCUT2D eigenvalue weighted by Crippen LogP contribution is -2.47. The van der Waals surface area contributed by atoms with Gasteiger partial charge in [0.05, 0.1) is 17.9 Å². The number of amides is 2. The van der Waals surface area contributed by atoms with Crippen molar-refractivity contribution < 1.29 is 32.6 Å². The molecule has 2 aromatic rings. The van der Waals surface area contributed by atoms with E-state index in [0.29, 0.717) is 25.9 Å². The Hall–Kier alpha value is -3.07. The number of halogens is 3. The number of nitrogens with zero attached hydrogens (tertiary/aromatic N) is 1. The maximum atomic E-state index is 12.8. The lowest BCUT2D eigenvalue weighted by atomic mass is 9.96. The standard InChI is InChI=1S/C24H27F3N2O4/c25-24(26,27)19-9-4-10-21(13-19)33-16-20(30)14-28-23(32)18-8-5-11-29(15-18)22(31)12-17-6-2-1-3-7-17/h1-4,6-7,9-10,13,18,20,30H,5,8,11-12,14-16H2,(H,28,32). The third-order valence-electron chi connectivity index (χ3n) is 5.46. The smallest absolute Gasteiger partial charge is 0.416 e. The fraction of sp³-hybridized carbons (Fsp3) is 0.417. The monoisotopic (exact) mass is 464 g/mol. The minimum Gasteiger partial charge on any atom is -0.491 e. The van der Waals surface area contributed by atoms with Gasteiger partial charge < -0.3 is 20.1 Å². The molecule has 3 rings (SSSR count). The van der Waals surface area contributed by atoms with Crippen LogP contribution < -0.4 is 10.1 Å². The first-order valence-electron chi connectivity index (χ1n) is 10.8. The molecular weight excluding hydrogens is 437 g/mol. The molecule has 2 amide bonds. The Balaban J connectivity index is 1.42. The van der Waals surface area contributed by atoms with Gasteiger partial charge in [-0.1, -0.05) is 36.4 Å². The van der Waals surface area contributed by atoms with Gasteiger partial charge in [-0.05, 0) is 36.6 Å². The molecule has 0 aromatic heterocycles. The number of benzene rings is 2. The molecule has 0 saturated carbocycles. The molecule has 0 bridgehead atoms. The summed E-state index contributed by atoms with van der Waals surface area (Å²) in [5.41, 5.74) is 0.0735. The van der Waals surface area contributed by atoms with Gasteiger partial charge in [0.2, 0.25) is 11.8 Å². The Morgan fingerprint density at radius 1 is 1.15 bits per heavy atom. The number of alkyl halides is 3. The fourth-order valence-corrected chi connectivity index (χ4v) is 3.68. The summed E-state index contributed by atoms with van der Waals surface area (Å²) < 4.78 is 43.5. The van der Waals surface area contributed by atoms with E-state index in [1.54, 1.807) is 4.90 Å². The Bertz CT molecular complexity index is 937. The van der Waals surface area contributed by atoms with E-state index in [9.17, 15) is 27.9 Å². The highest BCUT2D eigenvalue weighted by molar-refractivity contribution is 5.82. The predicted molar refractivity (Wildman–Crippen MR) is 115 cm³/mol. The molecule has 1 saturated heterocycles. The zero-order valence-electron chi connectivity index (χ0n) is 18.1. The van der Waals surface area contributed by atoms with Crippen molar-refractivity contribution in [2.24, 2.45) is 5.92 Å². The van der Waals surface area contributed by atoms with Crippen LogP contribution in [0.4, 0.5) is 13.2 Å². The molecule has 2 N–H and O–H groups in total. The quantitative estimate of drug-likeness (QED) is 0.630. The van der Waals surface area contributed by atoms with Gasteiger partial charge >= 0.3 is 6.18 Å². The van der Waals surface area contributed by atoms with Gasteiger partial charge in [-0.15, -0.1) is 0 Å². The van der Waals surface area contributed by atoms with Crippen molar-refractivity contribution in [1.82, 2.24) is 10.2 Å². The van der Waals surface area contributed by atoms with E-state index in [1.807, 2.05) is 30.3 Å². The van der Waals surface area contributed by atoms with Crippen molar-refractivity contribution in [2.45, 2.75) is 31.5 Å². The molecule has 0 aliphatic carbocycles. The molecule has 6 nitrogen and oxygen atoms in total. The van der Waals surface area contributed by atoms with Gasteiger partial charge in [0, 0.05) is 19.6 Å². The lowest BCUT2D eigenvalue weighted by Gasteiger charge is -2.32. The zero-order chi connectivity index (χ0) is 23.8. The largest absolute Gasteiger partial charge is 0.491 e. The Morgan fingerprint density at radius 2 is 1.91 bits per heavy atom. The van der Waals surface area contributed by atoms with Gasteiger partial charge in [-0.2, -0.15) is 13.2 Å². The summed E-state index contributed by atoms with van der Waals surface area (Å²) in [4.78, 5) is 26.8. The molecule has 2 atom stereocenters. The van der Waals surface area contributed by atoms with Crippen LogP contribution in [0.1, 0.15) is 24.0 Å². The van der Waals surface area contributed by atoms with Crippen LogP contribution in [-0.2, 0) is 22.2 Å². The molecule has 2 unspecified atom stereocenters. The number of carbonyl (C=O) groups excluding carboxylic acids is 2. The van der Waals surface area contributed by atoms with Crippen molar-refractivity contribution in [3.8, 4) is 5.75 Å². The van der Waals surface area contributed by atoms with Crippen molar-refractivity contribution in [2.75, 3.05) is 26.2 Å². The molecule has 33 heavy (non-hydrogen) atoms. The normalized spacial score (nSPS) is 17.3. The van der Waals surface area contributed by atoms with Crippen LogP contribution in [-0.4, -0.2) is 54.2 Å². The Labute approximate surface area is 190 Å². The molecular formula is C24H27F3N2O4. The van der Waals surface area contributed by atoms with Crippen LogP contribution in [0.5, 0.6) is 5.75 Å². The van der Waals surface area contributed by atoms with Crippen molar-refractivity contribution in [3.63, 3.8) is 0 Å². The number of aliphatic hydroxyl groups is 1. The zero-order valence-corrected chi connectivity index (χ0v) is 18.1. The third kappa shape index (κ3) is 7.49. The summed E-state index contributed by atoms with van der Waals surface area (Å²) in [5.74, 6) is -0.705. The molecule has 1 aliphatic heterocycles. The summed E-state index contributed by atoms with van der Waals surface area (Å²) in [6, 6.07) is 13.8. The SMILES string of the molecule is O=C(NCC(O)COc1cccc(C(F)(F)F)c1)C1CCCN(C(=O)Cc2ccccc2)C1. The van der Waals surface area contributed by atoms with E-state index in [1.165, 1.54) is 12.1 Å². The third-order valence-corrected chi connectivity index (χ3v) is 5.46. The summed E-state index contributed by atoms with van der Waals surface area (Å²) in [6.45, 7) is 0.539. The number of nitrogens with one attached hydrogen (secondary N) is 1. The maximum Gasteiger partial charge on any atom is 0.416 e. The molecule has 9 heteroatoms. The highest BCUT2D eigenvalue weighted by Crippen LogP contribution is 2.31. The van der Waals surface area contributed by atoms with Crippen LogP contribution in [0.15, 0.2) is 54.6 Å². The van der Waals surface area contributed by atoms with Crippen molar-refractivity contribution in [3.05, 3.63) is 65.7 Å². The second kappa shape index (κ2) is 11.2. The molecule has 2 aromatic carbocycles. The van der Waals surface area contributed by atoms with E-state index in [4.69, 9.17) is 4.74 Å². The highest BCUT2D eigenvalue weighted by Gasteiger charge is 2.31. The van der Waals surface area contributed by atoms with E-state index in [-0.39, 0.29) is 43.1 Å². The fourth-order valence-electron chi connectivity index (χ4n) is 3.68. The number of aliphatic hydroxyl groups excluding tert-OH is 1. The summed E-state index contributed by atoms with van der Waals surface area (Å²) in [7, 11) is 0. The number of hydrogen-bond acceptors (Lipinski definition) is 4. The summed E-state index contributed by atoms with van der Waals surface area (Å²) in [5, 5.41) is 12.7. The molecule has 178 valence electrons. The minimum atomic E-state index is -4.48. The van der Waals surface area contributed by atoms with Crippen LogP contribution >= 0.6 is 0 Å². The van der Waals surface area contributed by atoms with Crippen LogP contribution in [0.25, 0.3) is 0 Å². The maximum absolute atomic E-state index is 12.8. The van der Waals surface area contributed by atoms with E-state index >= 15 is 0 Å². The van der Waals surface area contributed by atoms with Gasteiger partial charge in [-0.3, -0.25) is 9.59 Å². The van der Waals surface area contributed by atoms with Gasteiger partial charge in [0.15, 0.2) is 0 Å². The molecule has 1 aliphatic rings. The van der Waals surface area contributed by atoms with Crippen LogP contribution in [0, 0.1) is 5.92 Å². The molecule has 0 spiro atoms. The first-order chi connectivity index (χ1) is 15.7. The number of rotatable bonds is 8.